The van der Waals surface area contributed by atoms with Crippen LogP contribution in [0.15, 0.2) is 336 Å². The van der Waals surface area contributed by atoms with E-state index in [-0.39, 0.29) is 0 Å². The van der Waals surface area contributed by atoms with Crippen molar-refractivity contribution in [3.05, 3.63) is 328 Å². The fourth-order valence-electron chi connectivity index (χ4n) is 15.7. The highest BCUT2D eigenvalue weighted by Crippen LogP contribution is 2.48. The number of furan rings is 2. The van der Waals surface area contributed by atoms with E-state index in [4.69, 9.17) is 8.83 Å². The Hall–Kier alpha value is -12.4. The minimum atomic E-state index is 0.881. The molecule has 0 aliphatic rings. The van der Waals surface area contributed by atoms with Gasteiger partial charge in [0.05, 0.1) is 0 Å². The second-order valence-corrected chi connectivity index (χ2v) is 25.4. The van der Waals surface area contributed by atoms with Crippen molar-refractivity contribution in [3.63, 3.8) is 0 Å². The highest BCUT2D eigenvalue weighted by molar-refractivity contribution is 6.24. The van der Waals surface area contributed by atoms with Gasteiger partial charge in [0.15, 0.2) is 0 Å². The van der Waals surface area contributed by atoms with E-state index in [1.165, 1.54) is 137 Å². The number of fused-ring (bicyclic) bond motifs is 15. The van der Waals surface area contributed by atoms with Gasteiger partial charge < -0.3 is 8.83 Å². The summed E-state index contributed by atoms with van der Waals surface area (Å²) in [5, 5.41) is 23.9. The molecule has 0 bridgehead atoms. The van der Waals surface area contributed by atoms with Crippen LogP contribution in [0, 0.1) is 0 Å². The third-order valence-corrected chi connectivity index (χ3v) is 20.1. The van der Waals surface area contributed by atoms with Crippen LogP contribution in [0.2, 0.25) is 0 Å². The molecule has 0 aliphatic heterocycles. The molecule has 20 rings (SSSR count). The second-order valence-electron chi connectivity index (χ2n) is 25.4. The Morgan fingerprint density at radius 3 is 0.979 bits per heavy atom. The zero-order valence-electron chi connectivity index (χ0n) is 51.0. The molecule has 0 saturated heterocycles. The van der Waals surface area contributed by atoms with E-state index in [0.717, 1.165) is 71.3 Å². The Labute approximate surface area is 541 Å². The molecule has 18 aromatic carbocycles. The van der Waals surface area contributed by atoms with Crippen molar-refractivity contribution in [1.29, 1.82) is 0 Å². The number of hydrogen-bond donors (Lipinski definition) is 0. The molecule has 0 fully saturated rings. The number of rotatable bonds is 7. The first kappa shape index (κ1) is 52.4. The standard InChI is InChI=1S/C92H54O2/c1-2-17-57-46-69(37-31-55(57)15-1)90-77-27-9-5-23-73(77)89(74-24-6-10-28-78(74)90)68-21-14-19-59(48-68)65-40-43-85-83(52-65)84-53-66-35-34-63(50-71(66)54-87(84)93-85)60-32-33-62-49-70(38-36-61(62)45-60)91-79-29-11-7-25-75(79)88(76-26-8-12-30-80(76)91)67-20-13-18-58(47-67)64-41-44-86-82(51-64)81-42-39-56-16-3-4-22-72(56)92(81)94-86/h1-54H. The Morgan fingerprint density at radius 2 is 0.457 bits per heavy atom. The monoisotopic (exact) mass is 1190 g/mol. The van der Waals surface area contributed by atoms with Crippen LogP contribution in [0.1, 0.15) is 0 Å². The van der Waals surface area contributed by atoms with Crippen LogP contribution in [0.4, 0.5) is 0 Å². The van der Waals surface area contributed by atoms with Gasteiger partial charge in [-0.05, 0) is 238 Å². The zero-order chi connectivity index (χ0) is 61.5. The SMILES string of the molecule is c1cc(-c2ccc3oc4cc5cc(-c6ccc7cc(-c8c9ccccc9c(-c9cccc(-c%10ccc%11oc%12c%13ccccc%13ccc%12c%11c%10)c9)c9ccccc89)ccc7c6)ccc5cc4c3c2)cc(-c2c3ccccc3c(-c3ccc4ccccc4c3)c3ccccc23)c1. The van der Waals surface area contributed by atoms with Gasteiger partial charge in [-0.1, -0.05) is 249 Å². The van der Waals surface area contributed by atoms with E-state index in [1.807, 2.05) is 0 Å². The summed E-state index contributed by atoms with van der Waals surface area (Å²) < 4.78 is 13.2. The van der Waals surface area contributed by atoms with E-state index < -0.39 is 0 Å². The lowest BCUT2D eigenvalue weighted by atomic mass is 9.85. The van der Waals surface area contributed by atoms with E-state index in [2.05, 4.69) is 328 Å². The molecular formula is C92H54O2. The topological polar surface area (TPSA) is 26.3 Å². The molecular weight excluding hydrogens is 1140 g/mol. The summed E-state index contributed by atoms with van der Waals surface area (Å²) in [6.07, 6.45) is 0. The van der Waals surface area contributed by atoms with Gasteiger partial charge in [-0.15, -0.1) is 0 Å². The summed E-state index contributed by atoms with van der Waals surface area (Å²) in [5.74, 6) is 0. The molecule has 94 heavy (non-hydrogen) atoms. The maximum absolute atomic E-state index is 6.69. The summed E-state index contributed by atoms with van der Waals surface area (Å²) in [4.78, 5) is 0. The fourth-order valence-corrected chi connectivity index (χ4v) is 15.7. The Bertz CT molecular complexity index is 6500. The molecule has 0 atom stereocenters. The second kappa shape index (κ2) is 20.6. The van der Waals surface area contributed by atoms with Gasteiger partial charge in [-0.2, -0.15) is 0 Å². The minimum Gasteiger partial charge on any atom is -0.456 e. The van der Waals surface area contributed by atoms with Gasteiger partial charge >= 0.3 is 0 Å². The lowest BCUT2D eigenvalue weighted by molar-refractivity contribution is 0.669. The normalized spacial score (nSPS) is 12.0. The Kier molecular flexibility index (Phi) is 11.5. The molecule has 20 aromatic rings. The fraction of sp³-hybridized carbons (Fsp3) is 0. The van der Waals surface area contributed by atoms with Gasteiger partial charge in [-0.3, -0.25) is 0 Å². The van der Waals surface area contributed by atoms with Crippen LogP contribution in [-0.2, 0) is 0 Å². The summed E-state index contributed by atoms with van der Waals surface area (Å²) in [7, 11) is 0. The van der Waals surface area contributed by atoms with Gasteiger partial charge in [0.2, 0.25) is 0 Å². The van der Waals surface area contributed by atoms with Crippen molar-refractivity contribution in [2.75, 3.05) is 0 Å². The molecule has 2 aromatic heterocycles. The summed E-state index contributed by atoms with van der Waals surface area (Å²) >= 11 is 0. The quantitative estimate of drug-likeness (QED) is 0.149. The van der Waals surface area contributed by atoms with Gasteiger partial charge in [0, 0.05) is 26.9 Å². The predicted octanol–water partition coefficient (Wildman–Crippen LogP) is 26.4. The van der Waals surface area contributed by atoms with Crippen molar-refractivity contribution in [3.8, 4) is 77.9 Å². The first-order valence-corrected chi connectivity index (χ1v) is 32.4. The van der Waals surface area contributed by atoms with Gasteiger partial charge in [0.1, 0.15) is 22.3 Å². The molecule has 0 N–H and O–H groups in total. The predicted molar refractivity (Wildman–Crippen MR) is 399 cm³/mol. The third kappa shape index (κ3) is 8.23. The lowest BCUT2D eigenvalue weighted by Gasteiger charge is -2.18. The van der Waals surface area contributed by atoms with Gasteiger partial charge in [-0.25, -0.2) is 0 Å². The number of benzene rings is 18. The van der Waals surface area contributed by atoms with Crippen LogP contribution < -0.4 is 0 Å². The molecule has 0 unspecified atom stereocenters. The van der Waals surface area contributed by atoms with Crippen LogP contribution in [0.3, 0.4) is 0 Å². The maximum atomic E-state index is 6.69. The van der Waals surface area contributed by atoms with Crippen molar-refractivity contribution in [2.45, 2.75) is 0 Å². The lowest BCUT2D eigenvalue weighted by Crippen LogP contribution is -1.91. The van der Waals surface area contributed by atoms with Crippen molar-refractivity contribution in [2.24, 2.45) is 0 Å². The summed E-state index contributed by atoms with van der Waals surface area (Å²) in [6.45, 7) is 0. The summed E-state index contributed by atoms with van der Waals surface area (Å²) in [5.41, 5.74) is 20.4. The molecule has 2 nitrogen and oxygen atoms in total. The van der Waals surface area contributed by atoms with Crippen molar-refractivity contribution in [1.82, 2.24) is 0 Å². The Balaban J connectivity index is 0.618. The highest BCUT2D eigenvalue weighted by Gasteiger charge is 2.21. The van der Waals surface area contributed by atoms with E-state index in [0.29, 0.717) is 0 Å². The molecule has 0 aliphatic carbocycles. The first-order valence-electron chi connectivity index (χ1n) is 32.4. The third-order valence-electron chi connectivity index (χ3n) is 20.1. The smallest absolute Gasteiger partial charge is 0.143 e. The van der Waals surface area contributed by atoms with Crippen LogP contribution in [-0.4, -0.2) is 0 Å². The minimum absolute atomic E-state index is 0.881. The molecule has 2 heteroatoms. The maximum Gasteiger partial charge on any atom is 0.143 e. The zero-order valence-corrected chi connectivity index (χ0v) is 51.0. The Morgan fingerprint density at radius 1 is 0.138 bits per heavy atom. The molecule has 434 valence electrons. The van der Waals surface area contributed by atoms with E-state index in [1.54, 1.807) is 0 Å². The average Bonchev–Trinajstić information content (AvgIpc) is 1.23. The van der Waals surface area contributed by atoms with E-state index in [9.17, 15) is 0 Å². The van der Waals surface area contributed by atoms with Crippen molar-refractivity contribution < 1.29 is 8.83 Å². The van der Waals surface area contributed by atoms with Crippen LogP contribution in [0.25, 0.3) is 208 Å². The van der Waals surface area contributed by atoms with E-state index >= 15 is 0 Å². The molecule has 0 radical (unpaired) electrons. The van der Waals surface area contributed by atoms with Crippen molar-refractivity contribution >= 4 is 130 Å². The van der Waals surface area contributed by atoms with Gasteiger partial charge in [0.25, 0.3) is 0 Å². The molecule has 0 amide bonds. The van der Waals surface area contributed by atoms with Crippen LogP contribution >= 0.6 is 0 Å². The largest absolute Gasteiger partial charge is 0.456 e. The highest BCUT2D eigenvalue weighted by atomic mass is 16.3. The first-order chi connectivity index (χ1) is 46.5. The molecule has 2 heterocycles. The number of hydrogen-bond acceptors (Lipinski definition) is 2. The van der Waals surface area contributed by atoms with Crippen LogP contribution in [0.5, 0.6) is 0 Å². The summed E-state index contributed by atoms with van der Waals surface area (Å²) in [6, 6.07) is 121. The molecule has 0 spiro atoms. The average molecular weight is 1190 g/mol. The molecule has 0 saturated carbocycles.